The number of para-hydroxylation sites is 2. The summed E-state index contributed by atoms with van der Waals surface area (Å²) in [6.45, 7) is 4.04. The number of ether oxygens (including phenoxy) is 1. The van der Waals surface area contributed by atoms with E-state index < -0.39 is 0 Å². The largest absolute Gasteiger partial charge is 0.489 e. The number of hydrogen-bond donors (Lipinski definition) is 1. The number of nitrogens with one attached hydrogen (secondary N) is 1. The SMILES string of the molecule is CC(C)Oc1ccccc1NC1CCc2cc(F)ccc21. The van der Waals surface area contributed by atoms with Gasteiger partial charge in [-0.3, -0.25) is 0 Å². The van der Waals surface area contributed by atoms with Crippen LogP contribution in [-0.4, -0.2) is 6.10 Å². The summed E-state index contributed by atoms with van der Waals surface area (Å²) in [7, 11) is 0. The molecule has 0 bridgehead atoms. The lowest BCUT2D eigenvalue weighted by molar-refractivity contribution is 0.243. The second kappa shape index (κ2) is 5.76. The van der Waals surface area contributed by atoms with Crippen LogP contribution in [0, 0.1) is 5.82 Å². The van der Waals surface area contributed by atoms with Gasteiger partial charge in [0.1, 0.15) is 11.6 Å². The summed E-state index contributed by atoms with van der Waals surface area (Å²) in [5.41, 5.74) is 3.29. The normalized spacial score (nSPS) is 16.9. The van der Waals surface area contributed by atoms with Crippen LogP contribution in [0.1, 0.15) is 37.4 Å². The Bertz CT molecular complexity index is 639. The molecule has 0 aliphatic heterocycles. The number of benzene rings is 2. The summed E-state index contributed by atoms with van der Waals surface area (Å²) in [6, 6.07) is 13.3. The maximum atomic E-state index is 13.3. The fourth-order valence-electron chi connectivity index (χ4n) is 2.87. The van der Waals surface area contributed by atoms with Crippen molar-refractivity contribution in [3.63, 3.8) is 0 Å². The second-order valence-corrected chi connectivity index (χ2v) is 5.74. The monoisotopic (exact) mass is 285 g/mol. The van der Waals surface area contributed by atoms with Gasteiger partial charge in [-0.25, -0.2) is 4.39 Å². The second-order valence-electron chi connectivity index (χ2n) is 5.74. The minimum atomic E-state index is -0.155. The molecule has 21 heavy (non-hydrogen) atoms. The molecule has 0 fully saturated rings. The van der Waals surface area contributed by atoms with Gasteiger partial charge in [-0.2, -0.15) is 0 Å². The molecule has 0 spiro atoms. The van der Waals surface area contributed by atoms with Crippen molar-refractivity contribution < 1.29 is 9.13 Å². The first-order valence-electron chi connectivity index (χ1n) is 7.44. The smallest absolute Gasteiger partial charge is 0.142 e. The van der Waals surface area contributed by atoms with Crippen molar-refractivity contribution >= 4 is 5.69 Å². The summed E-state index contributed by atoms with van der Waals surface area (Å²) in [5.74, 6) is 0.709. The van der Waals surface area contributed by atoms with Crippen molar-refractivity contribution in [1.82, 2.24) is 0 Å². The Kier molecular flexibility index (Phi) is 3.82. The molecule has 0 saturated heterocycles. The Balaban J connectivity index is 1.83. The Hall–Kier alpha value is -2.03. The predicted molar refractivity (Wildman–Crippen MR) is 83.3 cm³/mol. The van der Waals surface area contributed by atoms with Crippen LogP contribution >= 0.6 is 0 Å². The topological polar surface area (TPSA) is 21.3 Å². The molecule has 3 rings (SSSR count). The van der Waals surface area contributed by atoms with Gasteiger partial charge < -0.3 is 10.1 Å². The highest BCUT2D eigenvalue weighted by Crippen LogP contribution is 2.36. The van der Waals surface area contributed by atoms with E-state index in [0.717, 1.165) is 29.8 Å². The average molecular weight is 285 g/mol. The van der Waals surface area contributed by atoms with Gasteiger partial charge in [0, 0.05) is 0 Å². The molecule has 1 atom stereocenters. The lowest BCUT2D eigenvalue weighted by Crippen LogP contribution is -2.11. The van der Waals surface area contributed by atoms with Gasteiger partial charge in [-0.15, -0.1) is 0 Å². The molecule has 3 heteroatoms. The number of aryl methyl sites for hydroxylation is 1. The highest BCUT2D eigenvalue weighted by Gasteiger charge is 2.23. The van der Waals surface area contributed by atoms with Crippen LogP contribution in [0.4, 0.5) is 10.1 Å². The lowest BCUT2D eigenvalue weighted by atomic mass is 10.1. The first-order valence-corrected chi connectivity index (χ1v) is 7.44. The van der Waals surface area contributed by atoms with Gasteiger partial charge >= 0.3 is 0 Å². The van der Waals surface area contributed by atoms with Gasteiger partial charge in [-0.1, -0.05) is 18.2 Å². The molecule has 110 valence electrons. The van der Waals surface area contributed by atoms with Crippen LogP contribution < -0.4 is 10.1 Å². The molecule has 1 aliphatic rings. The van der Waals surface area contributed by atoms with Crippen molar-refractivity contribution in [2.75, 3.05) is 5.32 Å². The fraction of sp³-hybridized carbons (Fsp3) is 0.333. The molecule has 2 aromatic carbocycles. The van der Waals surface area contributed by atoms with Crippen molar-refractivity contribution in [1.29, 1.82) is 0 Å². The zero-order valence-corrected chi connectivity index (χ0v) is 12.4. The van der Waals surface area contributed by atoms with Crippen LogP contribution in [0.2, 0.25) is 0 Å². The predicted octanol–water partition coefficient (Wildman–Crippen LogP) is 4.71. The third kappa shape index (κ3) is 3.02. The minimum Gasteiger partial charge on any atom is -0.489 e. The van der Waals surface area contributed by atoms with Crippen molar-refractivity contribution in [2.24, 2.45) is 0 Å². The molecule has 0 radical (unpaired) electrons. The Labute approximate surface area is 125 Å². The third-order valence-electron chi connectivity index (χ3n) is 3.76. The first kappa shape index (κ1) is 13.9. The molecule has 1 N–H and O–H groups in total. The van der Waals surface area contributed by atoms with E-state index in [-0.39, 0.29) is 18.0 Å². The first-order chi connectivity index (χ1) is 10.1. The standard InChI is InChI=1S/C18H20FNO/c1-12(2)21-18-6-4-3-5-17(18)20-16-10-7-13-11-14(19)8-9-15(13)16/h3-6,8-9,11-12,16,20H,7,10H2,1-2H3. The van der Waals surface area contributed by atoms with E-state index in [0.29, 0.717) is 0 Å². The number of rotatable bonds is 4. The number of halogens is 1. The Morgan fingerprint density at radius 1 is 1.19 bits per heavy atom. The molecule has 0 amide bonds. The van der Waals surface area contributed by atoms with Crippen LogP contribution in [0.5, 0.6) is 5.75 Å². The van der Waals surface area contributed by atoms with Crippen molar-refractivity contribution in [3.8, 4) is 5.75 Å². The number of anilines is 1. The summed E-state index contributed by atoms with van der Waals surface area (Å²) >= 11 is 0. The molecule has 2 nitrogen and oxygen atoms in total. The van der Waals surface area contributed by atoms with E-state index in [4.69, 9.17) is 4.74 Å². The van der Waals surface area contributed by atoms with E-state index in [1.807, 2.05) is 44.2 Å². The maximum absolute atomic E-state index is 13.3. The summed E-state index contributed by atoms with van der Waals surface area (Å²) in [4.78, 5) is 0. The fourth-order valence-corrected chi connectivity index (χ4v) is 2.87. The molecule has 0 heterocycles. The number of hydrogen-bond acceptors (Lipinski definition) is 2. The van der Waals surface area contributed by atoms with Gasteiger partial charge in [0.15, 0.2) is 0 Å². The molecule has 1 aliphatic carbocycles. The quantitative estimate of drug-likeness (QED) is 0.878. The highest BCUT2D eigenvalue weighted by atomic mass is 19.1. The van der Waals surface area contributed by atoms with Crippen LogP contribution in [0.15, 0.2) is 42.5 Å². The zero-order chi connectivity index (χ0) is 14.8. The van der Waals surface area contributed by atoms with E-state index in [1.165, 1.54) is 11.6 Å². The van der Waals surface area contributed by atoms with E-state index in [1.54, 1.807) is 6.07 Å². The van der Waals surface area contributed by atoms with Gasteiger partial charge in [-0.05, 0) is 62.1 Å². The maximum Gasteiger partial charge on any atom is 0.142 e. The van der Waals surface area contributed by atoms with Crippen LogP contribution in [-0.2, 0) is 6.42 Å². The zero-order valence-electron chi connectivity index (χ0n) is 12.4. The van der Waals surface area contributed by atoms with E-state index >= 15 is 0 Å². The molecule has 0 saturated carbocycles. The van der Waals surface area contributed by atoms with Crippen LogP contribution in [0.25, 0.3) is 0 Å². The molecule has 2 aromatic rings. The average Bonchev–Trinajstić information content (AvgIpc) is 2.83. The summed E-state index contributed by atoms with van der Waals surface area (Å²) in [5, 5.41) is 3.54. The van der Waals surface area contributed by atoms with Gasteiger partial charge in [0.2, 0.25) is 0 Å². The molecule has 1 unspecified atom stereocenters. The Morgan fingerprint density at radius 3 is 2.81 bits per heavy atom. The third-order valence-corrected chi connectivity index (χ3v) is 3.76. The van der Waals surface area contributed by atoms with Crippen molar-refractivity contribution in [2.45, 2.75) is 38.8 Å². The van der Waals surface area contributed by atoms with Gasteiger partial charge in [0.25, 0.3) is 0 Å². The number of fused-ring (bicyclic) bond motifs is 1. The van der Waals surface area contributed by atoms with E-state index in [2.05, 4.69) is 5.32 Å². The minimum absolute atomic E-state index is 0.137. The molecular weight excluding hydrogens is 265 g/mol. The highest BCUT2D eigenvalue weighted by molar-refractivity contribution is 5.58. The molecular formula is C18H20FNO. The summed E-state index contributed by atoms with van der Waals surface area (Å²) in [6.07, 6.45) is 2.03. The van der Waals surface area contributed by atoms with Crippen LogP contribution in [0.3, 0.4) is 0 Å². The molecule has 0 aromatic heterocycles. The van der Waals surface area contributed by atoms with Crippen molar-refractivity contribution in [3.05, 3.63) is 59.4 Å². The Morgan fingerprint density at radius 2 is 2.00 bits per heavy atom. The van der Waals surface area contributed by atoms with Gasteiger partial charge in [0.05, 0.1) is 17.8 Å². The lowest BCUT2D eigenvalue weighted by Gasteiger charge is -2.20. The summed E-state index contributed by atoms with van der Waals surface area (Å²) < 4.78 is 19.1. The van der Waals surface area contributed by atoms with E-state index in [9.17, 15) is 4.39 Å².